The van der Waals surface area contributed by atoms with Crippen molar-refractivity contribution in [3.05, 3.63) is 71.0 Å². The van der Waals surface area contributed by atoms with Crippen molar-refractivity contribution in [3.8, 4) is 0 Å². The quantitative estimate of drug-likeness (QED) is 0.882. The van der Waals surface area contributed by atoms with E-state index < -0.39 is 0 Å². The van der Waals surface area contributed by atoms with E-state index in [2.05, 4.69) is 5.32 Å². The molecule has 0 heterocycles. The Morgan fingerprint density at radius 2 is 1.89 bits per heavy atom. The summed E-state index contributed by atoms with van der Waals surface area (Å²) >= 11 is 0. The van der Waals surface area contributed by atoms with Crippen LogP contribution < -0.4 is 5.32 Å². The number of halogens is 1. The fraction of sp³-hybridized carbons (Fsp3) is 0.133. The van der Waals surface area contributed by atoms with E-state index in [-0.39, 0.29) is 11.7 Å². The highest BCUT2D eigenvalue weighted by molar-refractivity contribution is 5.94. The number of nitrogens with one attached hydrogen (secondary N) is 1. The molecular formula is C15H14FNO. The molecule has 0 aliphatic heterocycles. The van der Waals surface area contributed by atoms with Crippen LogP contribution in [0.15, 0.2) is 48.5 Å². The first-order valence-electron chi connectivity index (χ1n) is 5.75. The zero-order chi connectivity index (χ0) is 13.0. The smallest absolute Gasteiger partial charge is 0.251 e. The van der Waals surface area contributed by atoms with E-state index in [0.717, 1.165) is 5.56 Å². The molecule has 0 bridgehead atoms. The SMILES string of the molecule is Cc1ccc(CNC(=O)c2ccccc2)cc1F. The number of carbonyl (C=O) groups is 1. The van der Waals surface area contributed by atoms with Gasteiger partial charge < -0.3 is 5.32 Å². The Hall–Kier alpha value is -2.16. The highest BCUT2D eigenvalue weighted by Crippen LogP contribution is 2.09. The zero-order valence-electron chi connectivity index (χ0n) is 10.1. The summed E-state index contributed by atoms with van der Waals surface area (Å²) in [6.45, 7) is 2.03. The number of benzene rings is 2. The van der Waals surface area contributed by atoms with Gasteiger partial charge in [0.25, 0.3) is 5.91 Å². The van der Waals surface area contributed by atoms with Crippen molar-refractivity contribution in [2.75, 3.05) is 0 Å². The van der Waals surface area contributed by atoms with Gasteiger partial charge in [0.2, 0.25) is 0 Å². The molecule has 0 aliphatic rings. The molecule has 1 N–H and O–H groups in total. The second-order valence-electron chi connectivity index (χ2n) is 4.13. The van der Waals surface area contributed by atoms with Gasteiger partial charge in [-0.25, -0.2) is 4.39 Å². The monoisotopic (exact) mass is 243 g/mol. The van der Waals surface area contributed by atoms with Crippen molar-refractivity contribution in [2.24, 2.45) is 0 Å². The molecule has 3 heteroatoms. The largest absolute Gasteiger partial charge is 0.348 e. The van der Waals surface area contributed by atoms with Gasteiger partial charge in [0.1, 0.15) is 5.82 Å². The van der Waals surface area contributed by atoms with Crippen molar-refractivity contribution < 1.29 is 9.18 Å². The Morgan fingerprint density at radius 1 is 1.17 bits per heavy atom. The minimum Gasteiger partial charge on any atom is -0.348 e. The molecule has 92 valence electrons. The fourth-order valence-electron chi connectivity index (χ4n) is 1.62. The predicted octanol–water partition coefficient (Wildman–Crippen LogP) is 3.06. The van der Waals surface area contributed by atoms with Crippen molar-refractivity contribution >= 4 is 5.91 Å². The third-order valence-corrected chi connectivity index (χ3v) is 2.73. The molecule has 1 amide bonds. The van der Waals surface area contributed by atoms with E-state index in [9.17, 15) is 9.18 Å². The minimum absolute atomic E-state index is 0.156. The minimum atomic E-state index is -0.249. The van der Waals surface area contributed by atoms with E-state index in [1.165, 1.54) is 6.07 Å². The first-order chi connectivity index (χ1) is 8.66. The molecule has 0 atom stereocenters. The average Bonchev–Trinajstić information content (AvgIpc) is 2.41. The second kappa shape index (κ2) is 5.45. The van der Waals surface area contributed by atoms with Crippen LogP contribution >= 0.6 is 0 Å². The Balaban J connectivity index is 1.99. The summed E-state index contributed by atoms with van der Waals surface area (Å²) in [5.41, 5.74) is 1.96. The fourth-order valence-corrected chi connectivity index (χ4v) is 1.62. The molecule has 2 aromatic carbocycles. The molecule has 0 saturated carbocycles. The van der Waals surface area contributed by atoms with Crippen LogP contribution in [0.4, 0.5) is 4.39 Å². The molecule has 2 rings (SSSR count). The lowest BCUT2D eigenvalue weighted by Crippen LogP contribution is -2.22. The lowest BCUT2D eigenvalue weighted by atomic mass is 10.1. The van der Waals surface area contributed by atoms with Crippen LogP contribution in [-0.2, 0) is 6.54 Å². The molecule has 2 aromatic rings. The molecule has 2 nitrogen and oxygen atoms in total. The van der Waals surface area contributed by atoms with Crippen LogP contribution in [-0.4, -0.2) is 5.91 Å². The van der Waals surface area contributed by atoms with E-state index in [0.29, 0.717) is 17.7 Å². The lowest BCUT2D eigenvalue weighted by molar-refractivity contribution is 0.0951. The number of hydrogen-bond donors (Lipinski definition) is 1. The third kappa shape index (κ3) is 2.94. The van der Waals surface area contributed by atoms with E-state index >= 15 is 0 Å². The molecule has 0 aliphatic carbocycles. The topological polar surface area (TPSA) is 29.1 Å². The number of rotatable bonds is 3. The second-order valence-corrected chi connectivity index (χ2v) is 4.13. The Labute approximate surface area is 105 Å². The third-order valence-electron chi connectivity index (χ3n) is 2.73. The molecule has 0 fully saturated rings. The molecule has 18 heavy (non-hydrogen) atoms. The van der Waals surface area contributed by atoms with Crippen molar-refractivity contribution in [1.29, 1.82) is 0 Å². The van der Waals surface area contributed by atoms with Crippen molar-refractivity contribution in [3.63, 3.8) is 0 Å². The Morgan fingerprint density at radius 3 is 2.56 bits per heavy atom. The van der Waals surface area contributed by atoms with E-state index in [1.807, 2.05) is 12.1 Å². The maximum absolute atomic E-state index is 13.3. The zero-order valence-corrected chi connectivity index (χ0v) is 10.1. The summed E-state index contributed by atoms with van der Waals surface area (Å²) in [5.74, 6) is -0.405. The van der Waals surface area contributed by atoms with Gasteiger partial charge in [-0.2, -0.15) is 0 Å². The molecule has 0 unspecified atom stereocenters. The number of hydrogen-bond acceptors (Lipinski definition) is 1. The average molecular weight is 243 g/mol. The summed E-state index contributed by atoms with van der Waals surface area (Å²) in [6.07, 6.45) is 0. The van der Waals surface area contributed by atoms with Crippen molar-refractivity contribution in [1.82, 2.24) is 5.32 Å². The van der Waals surface area contributed by atoms with Gasteiger partial charge in [-0.1, -0.05) is 30.3 Å². The summed E-state index contributed by atoms with van der Waals surface area (Å²) in [5, 5.41) is 2.76. The summed E-state index contributed by atoms with van der Waals surface area (Å²) in [4.78, 5) is 11.8. The maximum atomic E-state index is 13.3. The van der Waals surface area contributed by atoms with Gasteiger partial charge in [-0.15, -0.1) is 0 Å². The Kier molecular flexibility index (Phi) is 3.72. The highest BCUT2D eigenvalue weighted by atomic mass is 19.1. The van der Waals surface area contributed by atoms with Crippen LogP contribution in [0.1, 0.15) is 21.5 Å². The van der Waals surface area contributed by atoms with E-state index in [4.69, 9.17) is 0 Å². The van der Waals surface area contributed by atoms with Gasteiger partial charge >= 0.3 is 0 Å². The highest BCUT2D eigenvalue weighted by Gasteiger charge is 2.05. The molecule has 0 spiro atoms. The van der Waals surface area contributed by atoms with Crippen LogP contribution in [0.25, 0.3) is 0 Å². The standard InChI is InChI=1S/C15H14FNO/c1-11-7-8-12(9-14(11)16)10-17-15(18)13-5-3-2-4-6-13/h2-9H,10H2,1H3,(H,17,18). The molecule has 0 aromatic heterocycles. The summed E-state index contributed by atoms with van der Waals surface area (Å²) in [7, 11) is 0. The Bertz CT molecular complexity index is 552. The lowest BCUT2D eigenvalue weighted by Gasteiger charge is -2.06. The summed E-state index contributed by atoms with van der Waals surface area (Å²) < 4.78 is 13.3. The van der Waals surface area contributed by atoms with Gasteiger partial charge in [0.15, 0.2) is 0 Å². The van der Waals surface area contributed by atoms with E-state index in [1.54, 1.807) is 37.3 Å². The number of carbonyl (C=O) groups excluding carboxylic acids is 1. The summed E-state index contributed by atoms with van der Waals surface area (Å²) in [6, 6.07) is 13.9. The van der Waals surface area contributed by atoms with Crippen molar-refractivity contribution in [2.45, 2.75) is 13.5 Å². The predicted molar refractivity (Wildman–Crippen MR) is 68.7 cm³/mol. The van der Waals surface area contributed by atoms with Gasteiger partial charge in [-0.05, 0) is 36.2 Å². The van der Waals surface area contributed by atoms with Crippen LogP contribution in [0, 0.1) is 12.7 Å². The first-order valence-corrected chi connectivity index (χ1v) is 5.75. The number of amides is 1. The molecule has 0 radical (unpaired) electrons. The van der Waals surface area contributed by atoms with Gasteiger partial charge in [0.05, 0.1) is 0 Å². The normalized spacial score (nSPS) is 10.1. The van der Waals surface area contributed by atoms with Crippen LogP contribution in [0.3, 0.4) is 0 Å². The number of aryl methyl sites for hydroxylation is 1. The van der Waals surface area contributed by atoms with Crippen LogP contribution in [0.5, 0.6) is 0 Å². The van der Waals surface area contributed by atoms with Crippen LogP contribution in [0.2, 0.25) is 0 Å². The molecule has 0 saturated heterocycles. The maximum Gasteiger partial charge on any atom is 0.251 e. The van der Waals surface area contributed by atoms with Gasteiger partial charge in [-0.3, -0.25) is 4.79 Å². The van der Waals surface area contributed by atoms with Gasteiger partial charge in [0, 0.05) is 12.1 Å². The molecular weight excluding hydrogens is 229 g/mol. The first kappa shape index (κ1) is 12.3.